The standard InChI is InChI=1S/C30H36F3I2N4O2/c1-28-13-5-4-9-24(28)23-8-2-3-10-25(23)29(28,27(41)36-20-30(31,32)33)14-6-7-15-39-16-11-22(12-17-39)38-26(40)21-18-34-35-37-19-21/h2-5,8-10,18-19,21-22H,6-7,11-17,20H2,1H3,(H,36,41)(H,38,40)/q-1. The minimum atomic E-state index is -4.47. The molecule has 2 N–H and O–H groups in total. The first-order valence-corrected chi connectivity index (χ1v) is 22.6. The number of hydrogen-bond donors (Lipinski definition) is 2. The predicted molar refractivity (Wildman–Crippen MR) is 161 cm³/mol. The number of nitrogens with one attached hydrogen (secondary N) is 2. The molecule has 6 nitrogen and oxygen atoms in total. The van der Waals surface area contributed by atoms with E-state index in [1.165, 1.54) is 0 Å². The van der Waals surface area contributed by atoms with Crippen LogP contribution >= 0.6 is 16.8 Å². The number of benzene rings is 1. The average molecular weight is 795 g/mol. The van der Waals surface area contributed by atoms with Crippen molar-refractivity contribution < 1.29 is 40.3 Å². The van der Waals surface area contributed by atoms with Crippen LogP contribution in [0.15, 0.2) is 45.7 Å². The monoisotopic (exact) mass is 795 g/mol. The minimum Gasteiger partial charge on any atom is -0.346 e. The summed E-state index contributed by atoms with van der Waals surface area (Å²) in [7, 11) is 0. The molecule has 5 rings (SSSR count). The van der Waals surface area contributed by atoms with Gasteiger partial charge in [-0.25, -0.2) is 0 Å². The first-order chi connectivity index (χ1) is 19.6. The van der Waals surface area contributed by atoms with Crippen molar-refractivity contribution in [3.63, 3.8) is 0 Å². The Balaban J connectivity index is 1.22. The van der Waals surface area contributed by atoms with Crippen molar-refractivity contribution in [1.29, 1.82) is 0 Å². The fourth-order valence-corrected chi connectivity index (χ4v) is 12.8. The summed E-state index contributed by atoms with van der Waals surface area (Å²) >= 11 is -0.0520. The van der Waals surface area contributed by atoms with E-state index in [1.807, 2.05) is 55.6 Å². The van der Waals surface area contributed by atoms with Gasteiger partial charge in [-0.3, -0.25) is 4.79 Å². The van der Waals surface area contributed by atoms with E-state index in [0.717, 1.165) is 62.0 Å². The number of unbranched alkanes of at least 4 members (excludes halogenated alkanes) is 1. The van der Waals surface area contributed by atoms with E-state index < -0.39 is 29.5 Å². The summed E-state index contributed by atoms with van der Waals surface area (Å²) < 4.78 is 46.1. The maximum absolute atomic E-state index is 13.9. The molecule has 0 aromatic heterocycles. The van der Waals surface area contributed by atoms with Crippen LogP contribution in [-0.4, -0.2) is 65.3 Å². The maximum Gasteiger partial charge on any atom is 0.405 e. The number of halogens is 5. The number of nitrogens with zero attached hydrogens (tertiary/aromatic N) is 2. The molecule has 0 radical (unpaired) electrons. The number of piperidine rings is 1. The Kier molecular flexibility index (Phi) is 9.74. The van der Waals surface area contributed by atoms with E-state index in [9.17, 15) is 22.8 Å². The molecule has 2 amide bonds. The number of carbonyl (C=O) groups is 2. The Labute approximate surface area is 256 Å². The van der Waals surface area contributed by atoms with E-state index in [4.69, 9.17) is 0 Å². The van der Waals surface area contributed by atoms with Crippen LogP contribution in [0.25, 0.3) is 5.57 Å². The smallest absolute Gasteiger partial charge is 0.346 e. The van der Waals surface area contributed by atoms with Crippen molar-refractivity contribution in [3.8, 4) is 0 Å². The Hall–Kier alpha value is -1.61. The molecule has 224 valence electrons. The van der Waals surface area contributed by atoms with Gasteiger partial charge >= 0.3 is 132 Å². The first kappa shape index (κ1) is 30.8. The van der Waals surface area contributed by atoms with Crippen molar-refractivity contribution in [3.05, 3.63) is 53.6 Å². The van der Waals surface area contributed by atoms with Gasteiger partial charge in [0.25, 0.3) is 0 Å². The summed E-state index contributed by atoms with van der Waals surface area (Å²) in [6, 6.07) is 7.90. The van der Waals surface area contributed by atoms with Crippen LogP contribution in [0.1, 0.15) is 56.6 Å². The largest absolute Gasteiger partial charge is 0.405 e. The second-order valence-corrected chi connectivity index (χ2v) is 19.1. The molecule has 0 spiro atoms. The number of alkyl halides is 3. The molecule has 11 heteroatoms. The molecule has 41 heavy (non-hydrogen) atoms. The van der Waals surface area contributed by atoms with Crippen LogP contribution < -0.4 is 28.1 Å². The zero-order valence-electron chi connectivity index (χ0n) is 23.0. The molecule has 2 heterocycles. The molecule has 2 aliphatic carbocycles. The van der Waals surface area contributed by atoms with Gasteiger partial charge in [0.05, 0.1) is 5.41 Å². The Bertz CT molecular complexity index is 1260. The Morgan fingerprint density at radius 2 is 1.98 bits per heavy atom. The van der Waals surface area contributed by atoms with Gasteiger partial charge < -0.3 is 5.32 Å². The zero-order valence-corrected chi connectivity index (χ0v) is 27.3. The summed E-state index contributed by atoms with van der Waals surface area (Å²) in [5.74, 6) is -0.627. The molecular weight excluding hydrogens is 759 g/mol. The zero-order chi connectivity index (χ0) is 29.1. The van der Waals surface area contributed by atoms with Gasteiger partial charge in [0.2, 0.25) is 5.91 Å². The summed E-state index contributed by atoms with van der Waals surface area (Å²) in [6.07, 6.45) is 7.79. The van der Waals surface area contributed by atoms with Crippen molar-refractivity contribution >= 4 is 44.4 Å². The molecule has 1 fully saturated rings. The summed E-state index contributed by atoms with van der Waals surface area (Å²) in [6.45, 7) is 3.34. The number of hydrogen-bond acceptors (Lipinski definition) is 4. The Morgan fingerprint density at radius 3 is 2.71 bits per heavy atom. The molecule has 4 aliphatic rings. The van der Waals surface area contributed by atoms with Crippen LogP contribution in [0.4, 0.5) is 13.2 Å². The Morgan fingerprint density at radius 1 is 1.20 bits per heavy atom. The molecule has 2 aliphatic heterocycles. The second kappa shape index (κ2) is 12.9. The van der Waals surface area contributed by atoms with Gasteiger partial charge in [-0.15, -0.1) is 0 Å². The third-order valence-electron chi connectivity index (χ3n) is 8.96. The number of fused-ring (bicyclic) bond motifs is 3. The van der Waals surface area contributed by atoms with Gasteiger partial charge in [0.15, 0.2) is 0 Å². The fraction of sp³-hybridized carbons (Fsp3) is 0.533. The van der Waals surface area contributed by atoms with E-state index in [0.29, 0.717) is 12.8 Å². The molecule has 0 saturated carbocycles. The molecular formula is C30H36F3I2N4O2-. The molecule has 1 aromatic carbocycles. The van der Waals surface area contributed by atoms with E-state index in [1.54, 1.807) is 0 Å². The van der Waals surface area contributed by atoms with Crippen LogP contribution in [0, 0.1) is 11.3 Å². The van der Waals surface area contributed by atoms with E-state index in [2.05, 4.69) is 22.8 Å². The van der Waals surface area contributed by atoms with Crippen molar-refractivity contribution in [2.75, 3.05) is 26.2 Å². The van der Waals surface area contributed by atoms with Gasteiger partial charge in [0.1, 0.15) is 6.54 Å². The topological polar surface area (TPSA) is 73.8 Å². The van der Waals surface area contributed by atoms with Gasteiger partial charge in [-0.1, -0.05) is 49.4 Å². The molecule has 1 saturated heterocycles. The number of allylic oxidation sites excluding steroid dienone is 4. The summed E-state index contributed by atoms with van der Waals surface area (Å²) in [5.41, 5.74) is 1.13. The third-order valence-corrected chi connectivity index (χ3v) is 15.4. The van der Waals surface area contributed by atoms with Gasteiger partial charge in [-0.2, -0.15) is 13.2 Å². The summed E-state index contributed by atoms with van der Waals surface area (Å²) in [5, 5.41) is 5.47. The van der Waals surface area contributed by atoms with Crippen LogP contribution in [0.2, 0.25) is 0 Å². The molecule has 1 aromatic rings. The predicted octanol–water partition coefficient (Wildman–Crippen LogP) is 2.11. The number of likely N-dealkylation sites (tertiary alicyclic amines) is 1. The van der Waals surface area contributed by atoms with Crippen molar-refractivity contribution in [2.24, 2.45) is 14.5 Å². The van der Waals surface area contributed by atoms with Crippen LogP contribution in [0.5, 0.6) is 0 Å². The molecule has 3 atom stereocenters. The third kappa shape index (κ3) is 6.51. The number of carbonyl (C=O) groups excluding carboxylic acids is 2. The number of rotatable bonds is 9. The maximum atomic E-state index is 13.9. The second-order valence-electron chi connectivity index (χ2n) is 11.4. The average Bonchev–Trinajstić information content (AvgIpc) is 3.20. The van der Waals surface area contributed by atoms with Gasteiger partial charge in [0, 0.05) is 5.41 Å². The van der Waals surface area contributed by atoms with Crippen molar-refractivity contribution in [1.82, 2.24) is 15.5 Å². The van der Waals surface area contributed by atoms with Gasteiger partial charge in [-0.05, 0) is 29.5 Å². The number of amides is 2. The van der Waals surface area contributed by atoms with E-state index in [-0.39, 0.29) is 52.1 Å². The fourth-order valence-electron chi connectivity index (χ4n) is 6.83. The SMILES string of the molecule is CC12CC=CC=C1c1ccccc1C2(CCCCN1CCC(NC(=O)C2C=N[I-]I=C2)CC1)C(=O)NCC(F)(F)F. The normalized spacial score (nSPS) is 28.1. The van der Waals surface area contributed by atoms with E-state index >= 15 is 0 Å². The summed E-state index contributed by atoms with van der Waals surface area (Å²) in [4.78, 5) is 28.8. The molecule has 0 bridgehead atoms. The van der Waals surface area contributed by atoms with Crippen molar-refractivity contribution in [2.45, 2.75) is 63.1 Å². The minimum absolute atomic E-state index is 0.00583. The van der Waals surface area contributed by atoms with Crippen LogP contribution in [-0.2, 0) is 15.0 Å². The first-order valence-electron chi connectivity index (χ1n) is 14.1. The van der Waals surface area contributed by atoms with Crippen LogP contribution in [0.3, 0.4) is 0 Å². The molecule has 3 unspecified atom stereocenters. The quantitative estimate of drug-likeness (QED) is 0.298.